The van der Waals surface area contributed by atoms with Gasteiger partial charge in [-0.2, -0.15) is 0 Å². The van der Waals surface area contributed by atoms with Gasteiger partial charge in [-0.05, 0) is 36.6 Å². The number of aliphatic carboxylic acids is 1. The Hall–Kier alpha value is -2.81. The van der Waals surface area contributed by atoms with E-state index in [9.17, 15) is 19.2 Å². The third-order valence-electron chi connectivity index (χ3n) is 4.42. The number of hydrogen-bond acceptors (Lipinski definition) is 5. The fourth-order valence-corrected chi connectivity index (χ4v) is 3.09. The van der Waals surface area contributed by atoms with Gasteiger partial charge in [-0.15, -0.1) is 0 Å². The van der Waals surface area contributed by atoms with Crippen LogP contribution in [-0.2, 0) is 20.8 Å². The molecule has 1 saturated heterocycles. The second kappa shape index (κ2) is 9.41. The summed E-state index contributed by atoms with van der Waals surface area (Å²) in [5.74, 6) is -2.52. The van der Waals surface area contributed by atoms with Gasteiger partial charge in [0.05, 0.1) is 13.0 Å². The van der Waals surface area contributed by atoms with Crippen molar-refractivity contribution in [1.29, 1.82) is 0 Å². The van der Waals surface area contributed by atoms with Gasteiger partial charge < -0.3 is 20.5 Å². The van der Waals surface area contributed by atoms with Gasteiger partial charge in [0, 0.05) is 11.6 Å². The Balaban J connectivity index is 2.24. The number of carboxylic acid groups (broad SMARTS) is 1. The number of nitrogens with zero attached hydrogens (tertiary/aromatic N) is 1. The van der Waals surface area contributed by atoms with Crippen LogP contribution >= 0.6 is 11.6 Å². The van der Waals surface area contributed by atoms with E-state index in [1.807, 2.05) is 0 Å². The molecule has 0 spiro atoms. The topological polar surface area (TPSA) is 125 Å². The van der Waals surface area contributed by atoms with Gasteiger partial charge in [-0.3, -0.25) is 14.5 Å². The highest BCUT2D eigenvalue weighted by molar-refractivity contribution is 6.30. The van der Waals surface area contributed by atoms with Gasteiger partial charge in [-0.25, -0.2) is 9.59 Å². The lowest BCUT2D eigenvalue weighted by Gasteiger charge is -2.24. The first-order valence-corrected chi connectivity index (χ1v) is 9.08. The molecular formula is C18H22ClN3O6. The third kappa shape index (κ3) is 5.13. The minimum atomic E-state index is -1.22. The minimum Gasteiger partial charge on any atom is -0.496 e. The molecule has 0 aromatic heterocycles. The number of halogens is 1. The number of carbonyl (C=O) groups excluding carboxylic acids is 3. The molecule has 1 unspecified atom stereocenters. The van der Waals surface area contributed by atoms with E-state index in [2.05, 4.69) is 10.6 Å². The van der Waals surface area contributed by atoms with Crippen LogP contribution in [0.1, 0.15) is 18.9 Å². The number of urea groups is 1. The fourth-order valence-electron chi connectivity index (χ4n) is 2.89. The smallest absolute Gasteiger partial charge is 0.326 e. The molecule has 9 nitrogen and oxygen atoms in total. The van der Waals surface area contributed by atoms with Crippen LogP contribution < -0.4 is 15.4 Å². The molecular weight excluding hydrogens is 390 g/mol. The lowest BCUT2D eigenvalue weighted by atomic mass is 9.97. The van der Waals surface area contributed by atoms with Crippen molar-refractivity contribution in [2.75, 3.05) is 20.2 Å². The fraction of sp³-hybridized carbons (Fsp3) is 0.444. The number of ether oxygens (including phenoxy) is 1. The molecule has 1 heterocycles. The van der Waals surface area contributed by atoms with Crippen LogP contribution in [0.15, 0.2) is 18.2 Å². The summed E-state index contributed by atoms with van der Waals surface area (Å²) in [6.45, 7) is 1.14. The summed E-state index contributed by atoms with van der Waals surface area (Å²) in [6, 6.07) is 2.90. The predicted molar refractivity (Wildman–Crippen MR) is 100 cm³/mol. The van der Waals surface area contributed by atoms with E-state index in [1.54, 1.807) is 25.1 Å². The number of carbonyl (C=O) groups is 4. The second-order valence-electron chi connectivity index (χ2n) is 6.33. The molecule has 0 aliphatic carbocycles. The number of hydrogen-bond donors (Lipinski definition) is 3. The van der Waals surface area contributed by atoms with E-state index in [0.29, 0.717) is 16.3 Å². The maximum Gasteiger partial charge on any atom is 0.326 e. The van der Waals surface area contributed by atoms with Crippen molar-refractivity contribution in [2.24, 2.45) is 5.92 Å². The number of benzene rings is 1. The van der Waals surface area contributed by atoms with Crippen LogP contribution in [0.5, 0.6) is 5.75 Å². The van der Waals surface area contributed by atoms with E-state index in [4.69, 9.17) is 21.4 Å². The zero-order valence-electron chi connectivity index (χ0n) is 15.5. The molecule has 0 saturated carbocycles. The van der Waals surface area contributed by atoms with Crippen molar-refractivity contribution < 1.29 is 29.0 Å². The summed E-state index contributed by atoms with van der Waals surface area (Å²) < 4.78 is 5.28. The third-order valence-corrected chi connectivity index (χ3v) is 4.66. The molecule has 1 aromatic carbocycles. The largest absolute Gasteiger partial charge is 0.496 e. The molecule has 152 valence electrons. The van der Waals surface area contributed by atoms with Crippen LogP contribution in [0.25, 0.3) is 0 Å². The highest BCUT2D eigenvalue weighted by atomic mass is 35.5. The Morgan fingerprint density at radius 2 is 2.14 bits per heavy atom. The first-order chi connectivity index (χ1) is 13.3. The molecule has 1 fully saturated rings. The first-order valence-electron chi connectivity index (χ1n) is 8.70. The molecule has 3 N–H and O–H groups in total. The van der Waals surface area contributed by atoms with E-state index < -0.39 is 42.3 Å². The van der Waals surface area contributed by atoms with Crippen molar-refractivity contribution in [3.63, 3.8) is 0 Å². The molecule has 0 radical (unpaired) electrons. The van der Waals surface area contributed by atoms with Gasteiger partial charge in [0.15, 0.2) is 0 Å². The molecule has 10 heteroatoms. The number of imide groups is 1. The number of amides is 4. The van der Waals surface area contributed by atoms with E-state index in [1.165, 1.54) is 7.11 Å². The van der Waals surface area contributed by atoms with Crippen LogP contribution in [-0.4, -0.2) is 60.1 Å². The standard InChI is InChI=1S/C18H22ClN3O6/c1-3-13(17(25)26)21-18(27)22-9-15(23)20-8-11(16(22)24)6-10-7-12(19)4-5-14(10)28-2/h4-5,7,11,13H,3,6,8-9H2,1-2H3,(H,20,23)(H,21,27)(H,25,26)/t11?,13-/m1/s1. The molecule has 0 bridgehead atoms. The summed E-state index contributed by atoms with van der Waals surface area (Å²) in [7, 11) is 1.49. The zero-order chi connectivity index (χ0) is 20.8. The van der Waals surface area contributed by atoms with Gasteiger partial charge in [0.2, 0.25) is 11.8 Å². The Morgan fingerprint density at radius 1 is 1.43 bits per heavy atom. The summed E-state index contributed by atoms with van der Waals surface area (Å²) >= 11 is 6.02. The number of rotatable bonds is 6. The SMILES string of the molecule is CC[C@@H](NC(=O)N1CC(=O)NCC(Cc2cc(Cl)ccc2OC)C1=O)C(=O)O. The highest BCUT2D eigenvalue weighted by Crippen LogP contribution is 2.26. The molecule has 2 rings (SSSR count). The van der Waals surface area contributed by atoms with Crippen molar-refractivity contribution in [2.45, 2.75) is 25.8 Å². The number of methoxy groups -OCH3 is 1. The predicted octanol–water partition coefficient (Wildman–Crippen LogP) is 1.04. The van der Waals surface area contributed by atoms with Gasteiger partial charge >= 0.3 is 12.0 Å². The minimum absolute atomic E-state index is 0.0350. The summed E-state index contributed by atoms with van der Waals surface area (Å²) in [5.41, 5.74) is 0.654. The Labute approximate surface area is 167 Å². The van der Waals surface area contributed by atoms with Crippen molar-refractivity contribution in [3.8, 4) is 5.75 Å². The van der Waals surface area contributed by atoms with Crippen molar-refractivity contribution in [3.05, 3.63) is 28.8 Å². The maximum atomic E-state index is 12.9. The second-order valence-corrected chi connectivity index (χ2v) is 6.77. The van der Waals surface area contributed by atoms with E-state index >= 15 is 0 Å². The average molecular weight is 412 g/mol. The van der Waals surface area contributed by atoms with Crippen LogP contribution in [0.4, 0.5) is 4.79 Å². The summed E-state index contributed by atoms with van der Waals surface area (Å²) in [4.78, 5) is 49.2. The van der Waals surface area contributed by atoms with E-state index in [-0.39, 0.29) is 19.4 Å². The normalized spacial score (nSPS) is 18.1. The average Bonchev–Trinajstić information content (AvgIpc) is 2.79. The van der Waals surface area contributed by atoms with E-state index in [0.717, 1.165) is 4.90 Å². The highest BCUT2D eigenvalue weighted by Gasteiger charge is 2.35. The van der Waals surface area contributed by atoms with Crippen LogP contribution in [0.2, 0.25) is 5.02 Å². The molecule has 1 aromatic rings. The van der Waals surface area contributed by atoms with Crippen molar-refractivity contribution in [1.82, 2.24) is 15.5 Å². The van der Waals surface area contributed by atoms with Gasteiger partial charge in [0.1, 0.15) is 18.3 Å². The first kappa shape index (κ1) is 21.5. The van der Waals surface area contributed by atoms with Crippen LogP contribution in [0.3, 0.4) is 0 Å². The summed E-state index contributed by atoms with van der Waals surface area (Å²) in [5, 5.41) is 14.4. The molecule has 2 atom stereocenters. The molecule has 4 amide bonds. The van der Waals surface area contributed by atoms with Gasteiger partial charge in [-0.1, -0.05) is 18.5 Å². The molecule has 1 aliphatic heterocycles. The van der Waals surface area contributed by atoms with Crippen LogP contribution in [0, 0.1) is 5.92 Å². The number of carboxylic acids is 1. The monoisotopic (exact) mass is 411 g/mol. The summed E-state index contributed by atoms with van der Waals surface area (Å²) in [6.07, 6.45) is 0.321. The van der Waals surface area contributed by atoms with Gasteiger partial charge in [0.25, 0.3) is 0 Å². The zero-order valence-corrected chi connectivity index (χ0v) is 16.3. The lowest BCUT2D eigenvalue weighted by Crippen LogP contribution is -2.52. The number of nitrogens with one attached hydrogen (secondary N) is 2. The Kier molecular flexibility index (Phi) is 7.22. The molecule has 28 heavy (non-hydrogen) atoms. The quantitative estimate of drug-likeness (QED) is 0.642. The van der Waals surface area contributed by atoms with Crippen molar-refractivity contribution >= 4 is 35.4 Å². The molecule has 1 aliphatic rings. The Morgan fingerprint density at radius 3 is 2.75 bits per heavy atom. The maximum absolute atomic E-state index is 12.9. The Bertz CT molecular complexity index is 785. The lowest BCUT2D eigenvalue weighted by molar-refractivity contribution is -0.140.